The van der Waals surface area contributed by atoms with Crippen molar-refractivity contribution >= 4 is 17.5 Å². The molecular weight excluding hydrogens is 450 g/mol. The van der Waals surface area contributed by atoms with E-state index in [1.54, 1.807) is 30.6 Å². The normalized spacial score (nSPS) is 21.6. The SMILES string of the molecule is CCCN1CCC(c2ncc(C(=O)NC3CCC(Oc4ccc(C#N)c(Cl)c4)CC3)cn2)CC1. The number of rotatable bonds is 7. The number of carbonyl (C=O) groups excluding carboxylic acids is 1. The van der Waals surface area contributed by atoms with Crippen molar-refractivity contribution in [2.45, 2.75) is 69.9 Å². The van der Waals surface area contributed by atoms with E-state index >= 15 is 0 Å². The molecule has 1 aliphatic heterocycles. The number of benzene rings is 1. The minimum absolute atomic E-state index is 0.0727. The Morgan fingerprint density at radius 1 is 1.18 bits per heavy atom. The van der Waals surface area contributed by atoms with Crippen LogP contribution >= 0.6 is 11.6 Å². The second kappa shape index (κ2) is 11.6. The van der Waals surface area contributed by atoms with E-state index in [2.05, 4.69) is 33.2 Å². The van der Waals surface area contributed by atoms with Crippen LogP contribution in [-0.4, -0.2) is 52.6 Å². The zero-order valence-electron chi connectivity index (χ0n) is 19.7. The highest BCUT2D eigenvalue weighted by Crippen LogP contribution is 2.28. The van der Waals surface area contributed by atoms with Crippen LogP contribution in [-0.2, 0) is 0 Å². The van der Waals surface area contributed by atoms with Crippen LogP contribution in [0.1, 0.15) is 79.5 Å². The summed E-state index contributed by atoms with van der Waals surface area (Å²) in [7, 11) is 0. The zero-order valence-corrected chi connectivity index (χ0v) is 20.4. The van der Waals surface area contributed by atoms with Gasteiger partial charge in [0.15, 0.2) is 0 Å². The largest absolute Gasteiger partial charge is 0.490 e. The van der Waals surface area contributed by atoms with E-state index in [1.165, 1.54) is 6.42 Å². The van der Waals surface area contributed by atoms with E-state index < -0.39 is 0 Å². The number of nitriles is 1. The second-order valence-electron chi connectivity index (χ2n) is 9.26. The van der Waals surface area contributed by atoms with Gasteiger partial charge in [-0.15, -0.1) is 0 Å². The molecule has 1 amide bonds. The highest BCUT2D eigenvalue weighted by molar-refractivity contribution is 6.31. The minimum atomic E-state index is -0.118. The van der Waals surface area contributed by atoms with E-state index in [4.69, 9.17) is 21.6 Å². The molecule has 1 saturated carbocycles. The molecule has 0 radical (unpaired) electrons. The first-order valence-electron chi connectivity index (χ1n) is 12.3. The van der Waals surface area contributed by atoms with Gasteiger partial charge >= 0.3 is 0 Å². The zero-order chi connectivity index (χ0) is 23.9. The molecule has 0 bridgehead atoms. The van der Waals surface area contributed by atoms with Crippen molar-refractivity contribution < 1.29 is 9.53 Å². The Bertz CT molecular complexity index is 1010. The van der Waals surface area contributed by atoms with Crippen LogP contribution in [0, 0.1) is 11.3 Å². The van der Waals surface area contributed by atoms with Crippen LogP contribution in [0.25, 0.3) is 0 Å². The van der Waals surface area contributed by atoms with Crippen LogP contribution in [0.4, 0.5) is 0 Å². The maximum atomic E-state index is 12.7. The van der Waals surface area contributed by atoms with Crippen molar-refractivity contribution in [2.24, 2.45) is 0 Å². The highest BCUT2D eigenvalue weighted by atomic mass is 35.5. The van der Waals surface area contributed by atoms with Gasteiger partial charge in [-0.1, -0.05) is 18.5 Å². The van der Waals surface area contributed by atoms with Gasteiger partial charge in [-0.05, 0) is 76.7 Å². The molecule has 8 heteroatoms. The molecule has 2 fully saturated rings. The maximum absolute atomic E-state index is 12.7. The average molecular weight is 482 g/mol. The smallest absolute Gasteiger partial charge is 0.254 e. The van der Waals surface area contributed by atoms with Gasteiger partial charge in [0.05, 0.1) is 22.3 Å². The Labute approximate surface area is 206 Å². The van der Waals surface area contributed by atoms with Crippen molar-refractivity contribution in [3.05, 3.63) is 52.6 Å². The number of piperidine rings is 1. The molecule has 4 rings (SSSR count). The van der Waals surface area contributed by atoms with Crippen LogP contribution in [0.3, 0.4) is 0 Å². The summed E-state index contributed by atoms with van der Waals surface area (Å²) in [5.74, 6) is 1.79. The molecule has 2 heterocycles. The fourth-order valence-corrected chi connectivity index (χ4v) is 5.06. The van der Waals surface area contributed by atoms with Gasteiger partial charge in [0, 0.05) is 30.4 Å². The van der Waals surface area contributed by atoms with E-state index in [9.17, 15) is 4.79 Å². The first-order chi connectivity index (χ1) is 16.6. The van der Waals surface area contributed by atoms with Crippen molar-refractivity contribution in [3.8, 4) is 11.8 Å². The Kier molecular flexibility index (Phi) is 8.36. The van der Waals surface area contributed by atoms with Gasteiger partial charge in [0.25, 0.3) is 5.91 Å². The Morgan fingerprint density at radius 3 is 2.50 bits per heavy atom. The number of hydrogen-bond acceptors (Lipinski definition) is 6. The number of aromatic nitrogens is 2. The number of halogens is 1. The Balaban J connectivity index is 1.22. The molecule has 0 spiro atoms. The third kappa shape index (κ3) is 6.25. The van der Waals surface area contributed by atoms with Crippen LogP contribution in [0.15, 0.2) is 30.6 Å². The van der Waals surface area contributed by atoms with Crippen molar-refractivity contribution in [3.63, 3.8) is 0 Å². The molecule has 180 valence electrons. The van der Waals surface area contributed by atoms with Crippen LogP contribution < -0.4 is 10.1 Å². The van der Waals surface area contributed by atoms with Crippen molar-refractivity contribution in [1.29, 1.82) is 5.26 Å². The molecular formula is C26H32ClN5O2. The lowest BCUT2D eigenvalue weighted by atomic mass is 9.92. The number of hydrogen-bond donors (Lipinski definition) is 1. The second-order valence-corrected chi connectivity index (χ2v) is 9.67. The number of ether oxygens (including phenoxy) is 1. The quantitative estimate of drug-likeness (QED) is 0.615. The monoisotopic (exact) mass is 481 g/mol. The van der Waals surface area contributed by atoms with Crippen molar-refractivity contribution in [1.82, 2.24) is 20.2 Å². The fourth-order valence-electron chi connectivity index (χ4n) is 4.84. The van der Waals surface area contributed by atoms with Gasteiger partial charge in [-0.2, -0.15) is 5.26 Å². The predicted molar refractivity (Wildman–Crippen MR) is 131 cm³/mol. The summed E-state index contributed by atoms with van der Waals surface area (Å²) in [5.41, 5.74) is 0.951. The summed E-state index contributed by atoms with van der Waals surface area (Å²) in [5, 5.41) is 12.5. The molecule has 7 nitrogen and oxygen atoms in total. The topological polar surface area (TPSA) is 91.1 Å². The molecule has 1 aromatic heterocycles. The minimum Gasteiger partial charge on any atom is -0.490 e. The fraction of sp³-hybridized carbons (Fsp3) is 0.538. The van der Waals surface area contributed by atoms with Gasteiger partial charge in [-0.3, -0.25) is 4.79 Å². The molecule has 1 N–H and O–H groups in total. The Hall–Kier alpha value is -2.69. The summed E-state index contributed by atoms with van der Waals surface area (Å²) < 4.78 is 6.03. The molecule has 1 saturated heterocycles. The number of nitrogens with zero attached hydrogens (tertiary/aromatic N) is 4. The number of nitrogens with one attached hydrogen (secondary N) is 1. The lowest BCUT2D eigenvalue weighted by Crippen LogP contribution is -2.39. The number of likely N-dealkylation sites (tertiary alicyclic amines) is 1. The third-order valence-corrected chi connectivity index (χ3v) is 7.11. The molecule has 0 unspecified atom stereocenters. The third-order valence-electron chi connectivity index (χ3n) is 6.80. The molecule has 2 aliphatic rings. The first kappa shape index (κ1) is 24.4. The summed E-state index contributed by atoms with van der Waals surface area (Å²) in [6.45, 7) is 5.56. The first-order valence-corrected chi connectivity index (χ1v) is 12.6. The summed E-state index contributed by atoms with van der Waals surface area (Å²) >= 11 is 6.09. The molecule has 1 aliphatic carbocycles. The lowest BCUT2D eigenvalue weighted by molar-refractivity contribution is 0.0893. The predicted octanol–water partition coefficient (Wildman–Crippen LogP) is 4.71. The van der Waals surface area contributed by atoms with E-state index in [1.807, 2.05) is 0 Å². The van der Waals surface area contributed by atoms with Gasteiger partial charge in [-0.25, -0.2) is 9.97 Å². The van der Waals surface area contributed by atoms with E-state index in [0.717, 1.165) is 64.0 Å². The number of amides is 1. The lowest BCUT2D eigenvalue weighted by Gasteiger charge is -2.31. The maximum Gasteiger partial charge on any atom is 0.254 e. The van der Waals surface area contributed by atoms with Crippen LogP contribution in [0.2, 0.25) is 5.02 Å². The van der Waals surface area contributed by atoms with Gasteiger partial charge in [0.1, 0.15) is 17.6 Å². The van der Waals surface area contributed by atoms with E-state index in [0.29, 0.717) is 27.8 Å². The molecule has 0 atom stereocenters. The van der Waals surface area contributed by atoms with Crippen LogP contribution in [0.5, 0.6) is 5.75 Å². The summed E-state index contributed by atoms with van der Waals surface area (Å²) in [6.07, 6.45) is 10.1. The van der Waals surface area contributed by atoms with Gasteiger partial charge < -0.3 is 15.0 Å². The molecule has 1 aromatic carbocycles. The Morgan fingerprint density at radius 2 is 1.88 bits per heavy atom. The summed E-state index contributed by atoms with van der Waals surface area (Å²) in [4.78, 5) is 24.3. The molecule has 34 heavy (non-hydrogen) atoms. The highest BCUT2D eigenvalue weighted by Gasteiger charge is 2.25. The van der Waals surface area contributed by atoms with Crippen molar-refractivity contribution in [2.75, 3.05) is 19.6 Å². The standard InChI is InChI=1S/C26H32ClN5O2/c1-2-11-32-12-9-18(10-13-32)25-29-16-20(17-30-25)26(33)31-21-4-7-22(8-5-21)34-23-6-3-19(15-28)24(27)14-23/h3,6,14,16-18,21-22H,2,4-5,7-13H2,1H3,(H,31,33). The average Bonchev–Trinajstić information content (AvgIpc) is 2.86. The van der Waals surface area contributed by atoms with E-state index in [-0.39, 0.29) is 18.1 Å². The molecule has 2 aromatic rings. The van der Waals surface area contributed by atoms with Gasteiger partial charge in [0.2, 0.25) is 0 Å². The number of carbonyl (C=O) groups is 1. The summed E-state index contributed by atoms with van der Waals surface area (Å²) in [6, 6.07) is 7.29.